The third kappa shape index (κ3) is 5.51. The van der Waals surface area contributed by atoms with Crippen LogP contribution in [0.1, 0.15) is 0 Å². The van der Waals surface area contributed by atoms with Crippen molar-refractivity contribution in [3.05, 3.63) is 182 Å². The molecule has 0 spiro atoms. The summed E-state index contributed by atoms with van der Waals surface area (Å²) in [6, 6.07) is 62.0. The first-order valence-electron chi connectivity index (χ1n) is 18.5. The topological polar surface area (TPSA) is 77.8 Å². The highest BCUT2D eigenvalue weighted by molar-refractivity contribution is 6.09. The van der Waals surface area contributed by atoms with Crippen LogP contribution in [0.2, 0.25) is 0 Å². The van der Waals surface area contributed by atoms with E-state index in [1.165, 1.54) is 0 Å². The minimum atomic E-state index is 0.586. The second-order valence-electron chi connectivity index (χ2n) is 13.8. The maximum atomic E-state index is 6.42. The molecule has 6 nitrogen and oxygen atoms in total. The Morgan fingerprint density at radius 1 is 0.286 bits per heavy atom. The van der Waals surface area contributed by atoms with Crippen LogP contribution < -0.4 is 0 Å². The number of rotatable bonds is 6. The highest BCUT2D eigenvalue weighted by Crippen LogP contribution is 2.39. The van der Waals surface area contributed by atoms with Gasteiger partial charge < -0.3 is 8.83 Å². The lowest BCUT2D eigenvalue weighted by Gasteiger charge is -2.11. The van der Waals surface area contributed by atoms with Gasteiger partial charge in [-0.2, -0.15) is 0 Å². The van der Waals surface area contributed by atoms with Gasteiger partial charge in [0.05, 0.1) is 0 Å². The molecule has 0 unspecified atom stereocenters. The van der Waals surface area contributed by atoms with Crippen molar-refractivity contribution in [3.63, 3.8) is 0 Å². The summed E-state index contributed by atoms with van der Waals surface area (Å²) in [5, 5.41) is 4.30. The van der Waals surface area contributed by atoms with Gasteiger partial charge in [0.2, 0.25) is 5.89 Å². The fraction of sp³-hybridized carbons (Fsp3) is 0. The highest BCUT2D eigenvalue weighted by Gasteiger charge is 2.17. The lowest BCUT2D eigenvalue weighted by atomic mass is 9.93. The molecule has 11 aromatic rings. The smallest absolute Gasteiger partial charge is 0.227 e. The lowest BCUT2D eigenvalue weighted by Crippen LogP contribution is -2.00. The van der Waals surface area contributed by atoms with Crippen LogP contribution in [0, 0.1) is 0 Å². The summed E-state index contributed by atoms with van der Waals surface area (Å²) < 4.78 is 12.5. The zero-order chi connectivity index (χ0) is 37.0. The van der Waals surface area contributed by atoms with Gasteiger partial charge in [-0.25, -0.2) is 19.9 Å². The summed E-state index contributed by atoms with van der Waals surface area (Å²) >= 11 is 0. The van der Waals surface area contributed by atoms with Crippen molar-refractivity contribution in [1.82, 2.24) is 19.9 Å². The second-order valence-corrected chi connectivity index (χ2v) is 13.8. The van der Waals surface area contributed by atoms with Crippen LogP contribution >= 0.6 is 0 Å². The van der Waals surface area contributed by atoms with E-state index in [0.29, 0.717) is 23.4 Å². The Hall–Kier alpha value is -7.70. The fourth-order valence-electron chi connectivity index (χ4n) is 7.59. The molecule has 56 heavy (non-hydrogen) atoms. The Balaban J connectivity index is 0.903. The number of aromatic nitrogens is 4. The van der Waals surface area contributed by atoms with Gasteiger partial charge >= 0.3 is 0 Å². The highest BCUT2D eigenvalue weighted by atomic mass is 16.4. The van der Waals surface area contributed by atoms with Crippen molar-refractivity contribution in [2.75, 3.05) is 0 Å². The maximum Gasteiger partial charge on any atom is 0.227 e. The molecular formula is C50H30N4O2. The van der Waals surface area contributed by atoms with E-state index in [1.54, 1.807) is 0 Å². The van der Waals surface area contributed by atoms with Crippen molar-refractivity contribution in [1.29, 1.82) is 0 Å². The lowest BCUT2D eigenvalue weighted by molar-refractivity contribution is 0.621. The SMILES string of the molecule is c1ccc(-c2nc(-c3ccccc3)nc(-c3ccc(-c4ccc(-c5ccc(-c6nc7cc8oc9ccccc9c8cc7o6)c6ccccc56)cc4)cc3)n2)cc1. The number of hydrogen-bond acceptors (Lipinski definition) is 6. The second kappa shape index (κ2) is 13.0. The van der Waals surface area contributed by atoms with E-state index in [1.807, 2.05) is 91.0 Å². The number of furan rings is 1. The molecule has 0 radical (unpaired) electrons. The van der Waals surface area contributed by atoms with Crippen LogP contribution in [0.5, 0.6) is 0 Å². The molecule has 0 saturated heterocycles. The Morgan fingerprint density at radius 3 is 1.39 bits per heavy atom. The van der Waals surface area contributed by atoms with E-state index < -0.39 is 0 Å². The maximum absolute atomic E-state index is 6.42. The van der Waals surface area contributed by atoms with Crippen LogP contribution in [0.3, 0.4) is 0 Å². The van der Waals surface area contributed by atoms with Crippen molar-refractivity contribution < 1.29 is 8.83 Å². The van der Waals surface area contributed by atoms with Gasteiger partial charge in [0.15, 0.2) is 23.1 Å². The normalized spacial score (nSPS) is 11.6. The quantitative estimate of drug-likeness (QED) is 0.170. The predicted octanol–water partition coefficient (Wildman–Crippen LogP) is 13.1. The zero-order valence-electron chi connectivity index (χ0n) is 29.9. The van der Waals surface area contributed by atoms with Crippen molar-refractivity contribution in [2.45, 2.75) is 0 Å². The molecular weight excluding hydrogens is 689 g/mol. The predicted molar refractivity (Wildman–Crippen MR) is 225 cm³/mol. The summed E-state index contributed by atoms with van der Waals surface area (Å²) in [4.78, 5) is 19.5. The molecule has 3 heterocycles. The van der Waals surface area contributed by atoms with Gasteiger partial charge in [0.1, 0.15) is 16.7 Å². The molecule has 3 aromatic heterocycles. The molecule has 0 amide bonds. The molecule has 0 aliphatic carbocycles. The molecule has 11 rings (SSSR count). The van der Waals surface area contributed by atoms with E-state index in [2.05, 4.69) is 91.0 Å². The Bertz CT molecular complexity index is 3170. The van der Waals surface area contributed by atoms with E-state index in [-0.39, 0.29) is 0 Å². The summed E-state index contributed by atoms with van der Waals surface area (Å²) in [5.41, 5.74) is 11.4. The number of nitrogens with zero attached hydrogens (tertiary/aromatic N) is 4. The minimum absolute atomic E-state index is 0.586. The first-order valence-corrected chi connectivity index (χ1v) is 18.5. The molecule has 6 heteroatoms. The Labute approximate surface area is 321 Å². The van der Waals surface area contributed by atoms with Crippen LogP contribution in [-0.2, 0) is 0 Å². The molecule has 0 atom stereocenters. The monoisotopic (exact) mass is 718 g/mol. The van der Waals surface area contributed by atoms with Crippen LogP contribution in [0.4, 0.5) is 0 Å². The van der Waals surface area contributed by atoms with Crippen molar-refractivity contribution >= 4 is 43.8 Å². The number of benzene rings is 8. The van der Waals surface area contributed by atoms with E-state index in [4.69, 9.17) is 28.8 Å². The summed E-state index contributed by atoms with van der Waals surface area (Å²) in [6.45, 7) is 0. The summed E-state index contributed by atoms with van der Waals surface area (Å²) in [7, 11) is 0. The Kier molecular flexibility index (Phi) is 7.38. The standard InChI is InChI=1S/C50H30N4O2/c1-3-11-34(12-4-1)47-52-48(35-13-5-2-6-14-35)54-49(53-47)36-25-21-32(22-26-36)31-19-23-33(24-20-31)37-27-28-41(39-16-8-7-15-38(37)39)50-51-43-30-45-42(29-46(43)56-50)40-17-9-10-18-44(40)55-45/h1-30H. The van der Waals surface area contributed by atoms with Gasteiger partial charge in [0, 0.05) is 39.1 Å². The average Bonchev–Trinajstić information content (AvgIpc) is 3.86. The molecule has 0 fully saturated rings. The van der Waals surface area contributed by atoms with Gasteiger partial charge in [-0.1, -0.05) is 158 Å². The largest absolute Gasteiger partial charge is 0.456 e. The van der Waals surface area contributed by atoms with E-state index >= 15 is 0 Å². The van der Waals surface area contributed by atoms with Crippen LogP contribution in [-0.4, -0.2) is 19.9 Å². The van der Waals surface area contributed by atoms with Crippen molar-refractivity contribution in [3.8, 4) is 67.9 Å². The van der Waals surface area contributed by atoms with Gasteiger partial charge in [-0.15, -0.1) is 0 Å². The molecule has 262 valence electrons. The number of oxazole rings is 1. The van der Waals surface area contributed by atoms with Gasteiger partial charge in [0.25, 0.3) is 0 Å². The minimum Gasteiger partial charge on any atom is -0.456 e. The molecule has 0 aliphatic rings. The number of para-hydroxylation sites is 1. The summed E-state index contributed by atoms with van der Waals surface area (Å²) in [5.74, 6) is 2.51. The molecule has 0 aliphatic heterocycles. The molecule has 0 bridgehead atoms. The Morgan fingerprint density at radius 2 is 0.768 bits per heavy atom. The van der Waals surface area contributed by atoms with Gasteiger partial charge in [-0.3, -0.25) is 0 Å². The third-order valence-electron chi connectivity index (χ3n) is 10.4. The van der Waals surface area contributed by atoms with E-state index in [0.717, 1.165) is 88.3 Å². The van der Waals surface area contributed by atoms with Crippen LogP contribution in [0.15, 0.2) is 191 Å². The average molecular weight is 719 g/mol. The number of hydrogen-bond donors (Lipinski definition) is 0. The van der Waals surface area contributed by atoms with Gasteiger partial charge in [-0.05, 0) is 51.2 Å². The van der Waals surface area contributed by atoms with Crippen LogP contribution in [0.25, 0.3) is 112 Å². The van der Waals surface area contributed by atoms with E-state index in [9.17, 15) is 0 Å². The fourth-order valence-corrected chi connectivity index (χ4v) is 7.59. The zero-order valence-corrected chi connectivity index (χ0v) is 29.9. The first-order chi connectivity index (χ1) is 27.7. The molecule has 8 aromatic carbocycles. The first kappa shape index (κ1) is 31.8. The van der Waals surface area contributed by atoms with Crippen molar-refractivity contribution in [2.24, 2.45) is 0 Å². The molecule has 0 N–H and O–H groups in total. The number of fused-ring (bicyclic) bond motifs is 5. The molecule has 0 saturated carbocycles. The third-order valence-corrected chi connectivity index (χ3v) is 10.4. The summed E-state index contributed by atoms with van der Waals surface area (Å²) in [6.07, 6.45) is 0.